The lowest BCUT2D eigenvalue weighted by atomic mass is 9.98. The second kappa shape index (κ2) is 10.3. The van der Waals surface area contributed by atoms with E-state index in [1.54, 1.807) is 12.1 Å². The molecule has 1 amide bonds. The molecule has 1 aliphatic rings. The number of hydrogen-bond acceptors (Lipinski definition) is 7. The molecule has 0 aromatic heterocycles. The molecule has 0 radical (unpaired) electrons. The summed E-state index contributed by atoms with van der Waals surface area (Å²) in [4.78, 5) is 12.7. The Kier molecular flexibility index (Phi) is 7.23. The highest BCUT2D eigenvalue weighted by atomic mass is 32.2. The summed E-state index contributed by atoms with van der Waals surface area (Å²) in [6, 6.07) is 15.4. The third-order valence-corrected chi connectivity index (χ3v) is 8.03. The number of fused-ring (bicyclic) bond motifs is 1. The van der Waals surface area contributed by atoms with E-state index < -0.39 is 10.0 Å². The Balaban J connectivity index is 1.38. The van der Waals surface area contributed by atoms with Crippen LogP contribution < -0.4 is 14.9 Å². The van der Waals surface area contributed by atoms with Crippen molar-refractivity contribution < 1.29 is 27.8 Å². The van der Waals surface area contributed by atoms with Crippen molar-refractivity contribution in [3.8, 4) is 17.2 Å². The molecule has 10 heteroatoms. The van der Waals surface area contributed by atoms with Crippen LogP contribution in [0.1, 0.15) is 18.4 Å². The lowest BCUT2D eigenvalue weighted by Gasteiger charge is -2.30. The number of phenols is 1. The molecule has 0 bridgehead atoms. The average Bonchev–Trinajstić information content (AvgIpc) is 2.89. The molecule has 1 aliphatic heterocycles. The van der Waals surface area contributed by atoms with Crippen LogP contribution in [-0.4, -0.2) is 57.3 Å². The summed E-state index contributed by atoms with van der Waals surface area (Å²) in [5.74, 6) is 0.182. The predicted octanol–water partition coefficient (Wildman–Crippen LogP) is 3.11. The molecule has 0 aliphatic carbocycles. The van der Waals surface area contributed by atoms with Gasteiger partial charge in [-0.1, -0.05) is 30.3 Å². The van der Waals surface area contributed by atoms with Crippen LogP contribution in [0.3, 0.4) is 0 Å². The summed E-state index contributed by atoms with van der Waals surface area (Å²) in [5.41, 5.74) is 3.04. The molecule has 4 rings (SSSR count). The zero-order valence-corrected chi connectivity index (χ0v) is 20.3. The van der Waals surface area contributed by atoms with Crippen molar-refractivity contribution in [2.24, 2.45) is 11.0 Å². The van der Waals surface area contributed by atoms with Gasteiger partial charge in [0.15, 0.2) is 11.5 Å². The first-order valence-electron chi connectivity index (χ1n) is 11.1. The first kappa shape index (κ1) is 24.5. The Hall–Kier alpha value is -3.63. The van der Waals surface area contributed by atoms with Crippen molar-refractivity contribution in [2.75, 3.05) is 27.3 Å². The van der Waals surface area contributed by atoms with Crippen molar-refractivity contribution in [3.05, 3.63) is 60.2 Å². The van der Waals surface area contributed by atoms with Crippen LogP contribution in [0, 0.1) is 5.92 Å². The van der Waals surface area contributed by atoms with E-state index in [1.807, 2.05) is 30.3 Å². The molecule has 9 nitrogen and oxygen atoms in total. The van der Waals surface area contributed by atoms with Crippen LogP contribution in [-0.2, 0) is 14.8 Å². The van der Waals surface area contributed by atoms with Crippen LogP contribution in [0.2, 0.25) is 0 Å². The highest BCUT2D eigenvalue weighted by molar-refractivity contribution is 7.89. The Morgan fingerprint density at radius 3 is 2.49 bits per heavy atom. The van der Waals surface area contributed by atoms with E-state index in [9.17, 15) is 18.3 Å². The standard InChI is InChI=1S/C25H27N3O6S/c1-33-23-10-8-19(15-24(23)34-2)35(31,32)28-13-11-18(12-14-28)25(30)27-26-16-21-20-6-4-3-5-17(20)7-9-22(21)29/h3-10,15-16,18,29H,11-14H2,1-2H3,(H,27,30)/b26-16-. The van der Waals surface area contributed by atoms with E-state index in [1.165, 1.54) is 36.9 Å². The van der Waals surface area contributed by atoms with Gasteiger partial charge in [0.05, 0.1) is 25.3 Å². The molecule has 0 saturated carbocycles. The third kappa shape index (κ3) is 5.08. The van der Waals surface area contributed by atoms with Crippen LogP contribution in [0.4, 0.5) is 0 Å². The molecular formula is C25H27N3O6S. The number of rotatable bonds is 7. The van der Waals surface area contributed by atoms with Gasteiger partial charge in [-0.2, -0.15) is 9.41 Å². The van der Waals surface area contributed by atoms with Gasteiger partial charge >= 0.3 is 0 Å². The Morgan fingerprint density at radius 2 is 1.77 bits per heavy atom. The Bertz CT molecular complexity index is 1360. The second-order valence-electron chi connectivity index (χ2n) is 8.15. The first-order chi connectivity index (χ1) is 16.8. The number of phenolic OH excluding ortho intramolecular Hbond substituents is 1. The summed E-state index contributed by atoms with van der Waals surface area (Å²) in [6.45, 7) is 0.422. The van der Waals surface area contributed by atoms with Crippen LogP contribution in [0.5, 0.6) is 17.2 Å². The fourth-order valence-electron chi connectivity index (χ4n) is 4.16. The van der Waals surface area contributed by atoms with Crippen LogP contribution in [0.15, 0.2) is 64.6 Å². The number of ether oxygens (including phenoxy) is 2. The lowest BCUT2D eigenvalue weighted by Crippen LogP contribution is -2.42. The number of nitrogens with zero attached hydrogens (tertiary/aromatic N) is 2. The predicted molar refractivity (Wildman–Crippen MR) is 132 cm³/mol. The van der Waals surface area contributed by atoms with E-state index >= 15 is 0 Å². The van der Waals surface area contributed by atoms with E-state index in [-0.39, 0.29) is 35.6 Å². The Morgan fingerprint density at radius 1 is 1.06 bits per heavy atom. The summed E-state index contributed by atoms with van der Waals surface area (Å²) in [7, 11) is -0.809. The van der Waals surface area contributed by atoms with Gasteiger partial charge in [-0.05, 0) is 41.8 Å². The Labute approximate surface area is 204 Å². The van der Waals surface area contributed by atoms with Crippen molar-refractivity contribution in [3.63, 3.8) is 0 Å². The minimum atomic E-state index is -3.74. The molecule has 184 valence electrons. The molecular weight excluding hydrogens is 470 g/mol. The summed E-state index contributed by atoms with van der Waals surface area (Å²) < 4.78 is 37.9. The zero-order chi connectivity index (χ0) is 25.0. The van der Waals surface area contributed by atoms with Gasteiger partial charge in [-0.25, -0.2) is 13.8 Å². The smallest absolute Gasteiger partial charge is 0.243 e. The highest BCUT2D eigenvalue weighted by Crippen LogP contribution is 2.32. The first-order valence-corrected chi connectivity index (χ1v) is 12.5. The molecule has 0 spiro atoms. The molecule has 0 unspecified atom stereocenters. The minimum Gasteiger partial charge on any atom is -0.507 e. The normalized spacial score (nSPS) is 15.4. The molecule has 3 aromatic carbocycles. The number of carbonyl (C=O) groups is 1. The van der Waals surface area contributed by atoms with Crippen molar-refractivity contribution in [1.82, 2.24) is 9.73 Å². The molecule has 1 saturated heterocycles. The fourth-order valence-corrected chi connectivity index (χ4v) is 5.64. The SMILES string of the molecule is COc1ccc(S(=O)(=O)N2CCC(C(=O)N/N=C\c3c(O)ccc4ccccc34)CC2)cc1OC. The highest BCUT2D eigenvalue weighted by Gasteiger charge is 2.32. The van der Waals surface area contributed by atoms with E-state index in [2.05, 4.69) is 10.5 Å². The molecule has 35 heavy (non-hydrogen) atoms. The van der Waals surface area contributed by atoms with Gasteiger partial charge in [0.2, 0.25) is 15.9 Å². The maximum Gasteiger partial charge on any atom is 0.243 e. The van der Waals surface area contributed by atoms with Gasteiger partial charge in [-0.15, -0.1) is 0 Å². The third-order valence-electron chi connectivity index (χ3n) is 6.13. The van der Waals surface area contributed by atoms with Gasteiger partial charge in [0, 0.05) is 30.6 Å². The number of amides is 1. The lowest BCUT2D eigenvalue weighted by molar-refractivity contribution is -0.126. The largest absolute Gasteiger partial charge is 0.507 e. The molecule has 1 fully saturated rings. The minimum absolute atomic E-state index is 0.0652. The number of carbonyl (C=O) groups excluding carboxylic acids is 1. The van der Waals surface area contributed by atoms with Crippen molar-refractivity contribution in [1.29, 1.82) is 0 Å². The summed E-state index contributed by atoms with van der Waals surface area (Å²) in [6.07, 6.45) is 2.16. The number of benzene rings is 3. The number of methoxy groups -OCH3 is 2. The summed E-state index contributed by atoms with van der Waals surface area (Å²) in [5, 5.41) is 16.0. The fraction of sp³-hybridized carbons (Fsp3) is 0.280. The number of hydrazone groups is 1. The zero-order valence-electron chi connectivity index (χ0n) is 19.5. The number of aromatic hydroxyl groups is 1. The molecule has 1 heterocycles. The number of piperidine rings is 1. The molecule has 3 aromatic rings. The van der Waals surface area contributed by atoms with E-state index in [4.69, 9.17) is 9.47 Å². The quantitative estimate of drug-likeness (QED) is 0.383. The van der Waals surface area contributed by atoms with Gasteiger partial charge in [0.25, 0.3) is 0 Å². The monoisotopic (exact) mass is 497 g/mol. The van der Waals surface area contributed by atoms with E-state index in [0.29, 0.717) is 29.9 Å². The van der Waals surface area contributed by atoms with Gasteiger partial charge in [0.1, 0.15) is 5.75 Å². The van der Waals surface area contributed by atoms with E-state index in [0.717, 1.165) is 10.8 Å². The number of sulfonamides is 1. The summed E-state index contributed by atoms with van der Waals surface area (Å²) >= 11 is 0. The van der Waals surface area contributed by atoms with Gasteiger partial charge < -0.3 is 14.6 Å². The van der Waals surface area contributed by atoms with Crippen molar-refractivity contribution in [2.45, 2.75) is 17.7 Å². The van der Waals surface area contributed by atoms with Gasteiger partial charge in [-0.3, -0.25) is 4.79 Å². The van der Waals surface area contributed by atoms with Crippen molar-refractivity contribution >= 4 is 32.9 Å². The molecule has 2 N–H and O–H groups in total. The van der Waals surface area contributed by atoms with Crippen LogP contribution in [0.25, 0.3) is 10.8 Å². The number of hydrogen-bond donors (Lipinski definition) is 2. The number of nitrogens with one attached hydrogen (secondary N) is 1. The maximum absolute atomic E-state index is 13.1. The second-order valence-corrected chi connectivity index (χ2v) is 10.1. The average molecular weight is 498 g/mol. The topological polar surface area (TPSA) is 118 Å². The maximum atomic E-state index is 13.1. The molecule has 0 atom stereocenters. The van der Waals surface area contributed by atoms with Crippen LogP contribution >= 0.6 is 0 Å².